The Morgan fingerprint density at radius 3 is 2.58 bits per heavy atom. The third kappa shape index (κ3) is 1.44. The normalized spacial score (nSPS) is 9.92. The summed E-state index contributed by atoms with van der Waals surface area (Å²) in [4.78, 5) is 15.1. The third-order valence-corrected chi connectivity index (χ3v) is 1.83. The van der Waals surface area contributed by atoms with E-state index in [0.29, 0.717) is 11.4 Å². The van der Waals surface area contributed by atoms with E-state index < -0.39 is 0 Å². The monoisotopic (exact) mass is 164 g/mol. The highest BCUT2D eigenvalue weighted by molar-refractivity contribution is 5.97. The van der Waals surface area contributed by atoms with Gasteiger partial charge in [0.05, 0.1) is 5.69 Å². The van der Waals surface area contributed by atoms with Gasteiger partial charge in [-0.1, -0.05) is 0 Å². The van der Waals surface area contributed by atoms with Gasteiger partial charge >= 0.3 is 0 Å². The van der Waals surface area contributed by atoms with Crippen molar-refractivity contribution in [2.75, 3.05) is 5.73 Å². The lowest BCUT2D eigenvalue weighted by Gasteiger charge is -2.04. The number of pyridine rings is 1. The first-order valence-electron chi connectivity index (χ1n) is 3.77. The molecule has 0 aliphatic heterocycles. The molecule has 3 nitrogen and oxygen atoms in total. The van der Waals surface area contributed by atoms with Gasteiger partial charge in [-0.15, -0.1) is 0 Å². The Labute approximate surface area is 71.6 Å². The molecule has 1 aromatic heterocycles. The van der Waals surface area contributed by atoms with Crippen LogP contribution in [-0.2, 0) is 0 Å². The second-order valence-electron chi connectivity index (χ2n) is 2.88. The highest BCUT2D eigenvalue weighted by atomic mass is 16.1. The van der Waals surface area contributed by atoms with E-state index in [-0.39, 0.29) is 5.78 Å². The smallest absolute Gasteiger partial charge is 0.180 e. The second-order valence-corrected chi connectivity index (χ2v) is 2.88. The second kappa shape index (κ2) is 2.93. The molecule has 64 valence electrons. The molecule has 0 aromatic carbocycles. The average Bonchev–Trinajstić information content (AvgIpc) is 1.96. The summed E-state index contributed by atoms with van der Waals surface area (Å²) < 4.78 is 0. The number of anilines is 1. The molecule has 0 unspecified atom stereocenters. The number of nitrogens with two attached hydrogens (primary N) is 1. The molecule has 1 aromatic rings. The van der Waals surface area contributed by atoms with E-state index in [4.69, 9.17) is 5.73 Å². The Morgan fingerprint density at radius 2 is 2.08 bits per heavy atom. The topological polar surface area (TPSA) is 56.0 Å². The van der Waals surface area contributed by atoms with Crippen LogP contribution < -0.4 is 5.73 Å². The molecular weight excluding hydrogens is 152 g/mol. The minimum Gasteiger partial charge on any atom is -0.397 e. The van der Waals surface area contributed by atoms with Crippen molar-refractivity contribution >= 4 is 11.5 Å². The summed E-state index contributed by atoms with van der Waals surface area (Å²) in [5.41, 5.74) is 8.31. The van der Waals surface area contributed by atoms with Crippen LogP contribution in [0, 0.1) is 13.8 Å². The number of rotatable bonds is 1. The van der Waals surface area contributed by atoms with Gasteiger partial charge in [0.1, 0.15) is 5.69 Å². The molecule has 0 saturated heterocycles. The van der Waals surface area contributed by atoms with E-state index in [1.807, 2.05) is 13.8 Å². The minimum absolute atomic E-state index is 0.0874. The van der Waals surface area contributed by atoms with Gasteiger partial charge in [0, 0.05) is 12.6 Å². The number of ketones is 1. The molecule has 0 fully saturated rings. The first-order valence-corrected chi connectivity index (χ1v) is 3.77. The summed E-state index contributed by atoms with van der Waals surface area (Å²) in [6.07, 6.45) is 0. The van der Waals surface area contributed by atoms with Gasteiger partial charge in [-0.25, -0.2) is 4.98 Å². The average molecular weight is 164 g/mol. The summed E-state index contributed by atoms with van der Waals surface area (Å²) in [5.74, 6) is -0.0874. The van der Waals surface area contributed by atoms with Gasteiger partial charge in [-0.2, -0.15) is 0 Å². The molecule has 0 saturated carbocycles. The van der Waals surface area contributed by atoms with Crippen molar-refractivity contribution in [3.05, 3.63) is 23.0 Å². The molecular formula is C9H12N2O. The molecule has 0 bridgehead atoms. The van der Waals surface area contributed by atoms with Crippen LogP contribution in [0.15, 0.2) is 6.07 Å². The summed E-state index contributed by atoms with van der Waals surface area (Å²) in [7, 11) is 0. The summed E-state index contributed by atoms with van der Waals surface area (Å²) in [6, 6.07) is 1.78. The van der Waals surface area contributed by atoms with E-state index in [0.717, 1.165) is 11.3 Å². The number of carbonyl (C=O) groups excluding carboxylic acids is 1. The van der Waals surface area contributed by atoms with Crippen molar-refractivity contribution in [1.29, 1.82) is 0 Å². The SMILES string of the molecule is CC(=O)c1nc(C)c(C)cc1N. The summed E-state index contributed by atoms with van der Waals surface area (Å²) in [6.45, 7) is 5.25. The highest BCUT2D eigenvalue weighted by Crippen LogP contribution is 2.14. The fourth-order valence-corrected chi connectivity index (χ4v) is 1.01. The van der Waals surface area contributed by atoms with Crippen molar-refractivity contribution in [3.8, 4) is 0 Å². The van der Waals surface area contributed by atoms with Crippen molar-refractivity contribution in [2.45, 2.75) is 20.8 Å². The number of hydrogen-bond donors (Lipinski definition) is 1. The highest BCUT2D eigenvalue weighted by Gasteiger charge is 2.07. The Balaban J connectivity index is 3.33. The largest absolute Gasteiger partial charge is 0.397 e. The zero-order chi connectivity index (χ0) is 9.30. The van der Waals surface area contributed by atoms with Gasteiger partial charge in [-0.3, -0.25) is 4.79 Å². The van der Waals surface area contributed by atoms with Gasteiger partial charge in [0.2, 0.25) is 0 Å². The van der Waals surface area contributed by atoms with E-state index in [9.17, 15) is 4.79 Å². The number of carbonyl (C=O) groups is 1. The number of nitrogen functional groups attached to an aromatic ring is 1. The molecule has 1 rings (SSSR count). The number of nitrogens with zero attached hydrogens (tertiary/aromatic N) is 1. The Hall–Kier alpha value is -1.38. The first kappa shape index (κ1) is 8.71. The molecule has 0 aliphatic carbocycles. The molecule has 0 atom stereocenters. The van der Waals surface area contributed by atoms with Crippen LogP contribution in [0.25, 0.3) is 0 Å². The number of aryl methyl sites for hydroxylation is 2. The van der Waals surface area contributed by atoms with Crippen LogP contribution >= 0.6 is 0 Å². The first-order chi connectivity index (χ1) is 5.52. The van der Waals surface area contributed by atoms with Crippen LogP contribution in [0.5, 0.6) is 0 Å². The predicted molar refractivity (Wildman–Crippen MR) is 48.1 cm³/mol. The predicted octanol–water partition coefficient (Wildman–Crippen LogP) is 1.48. The van der Waals surface area contributed by atoms with Crippen molar-refractivity contribution < 1.29 is 4.79 Å². The molecule has 2 N–H and O–H groups in total. The van der Waals surface area contributed by atoms with E-state index in [1.54, 1.807) is 6.07 Å². The molecule has 0 spiro atoms. The maximum absolute atomic E-state index is 11.0. The molecule has 0 amide bonds. The Kier molecular flexibility index (Phi) is 2.13. The zero-order valence-electron chi connectivity index (χ0n) is 7.51. The lowest BCUT2D eigenvalue weighted by molar-refractivity contribution is 0.101. The molecule has 0 radical (unpaired) electrons. The Bertz CT molecular complexity index is 332. The van der Waals surface area contributed by atoms with Crippen LogP contribution in [0.2, 0.25) is 0 Å². The molecule has 1 heterocycles. The van der Waals surface area contributed by atoms with Crippen LogP contribution in [0.3, 0.4) is 0 Å². The van der Waals surface area contributed by atoms with Crippen molar-refractivity contribution in [1.82, 2.24) is 4.98 Å². The van der Waals surface area contributed by atoms with Gasteiger partial charge < -0.3 is 5.73 Å². The van der Waals surface area contributed by atoms with Gasteiger partial charge in [0.25, 0.3) is 0 Å². The minimum atomic E-state index is -0.0874. The number of aromatic nitrogens is 1. The van der Waals surface area contributed by atoms with Crippen molar-refractivity contribution in [2.24, 2.45) is 0 Å². The van der Waals surface area contributed by atoms with Crippen LogP contribution in [0.1, 0.15) is 28.7 Å². The zero-order valence-corrected chi connectivity index (χ0v) is 7.51. The van der Waals surface area contributed by atoms with Crippen molar-refractivity contribution in [3.63, 3.8) is 0 Å². The lowest BCUT2D eigenvalue weighted by Crippen LogP contribution is -2.05. The quantitative estimate of drug-likeness (QED) is 0.639. The Morgan fingerprint density at radius 1 is 1.50 bits per heavy atom. The molecule has 3 heteroatoms. The van der Waals surface area contributed by atoms with Gasteiger partial charge in [-0.05, 0) is 25.5 Å². The molecule has 0 aliphatic rings. The lowest BCUT2D eigenvalue weighted by atomic mass is 10.1. The maximum atomic E-state index is 11.0. The van der Waals surface area contributed by atoms with Crippen LogP contribution in [-0.4, -0.2) is 10.8 Å². The molecule has 12 heavy (non-hydrogen) atoms. The van der Waals surface area contributed by atoms with E-state index >= 15 is 0 Å². The third-order valence-electron chi connectivity index (χ3n) is 1.83. The van der Waals surface area contributed by atoms with Gasteiger partial charge in [0.15, 0.2) is 5.78 Å². The number of hydrogen-bond acceptors (Lipinski definition) is 3. The standard InChI is InChI=1S/C9H12N2O/c1-5-4-8(10)9(7(3)12)11-6(5)2/h4H,10H2,1-3H3. The van der Waals surface area contributed by atoms with E-state index in [1.165, 1.54) is 6.92 Å². The maximum Gasteiger partial charge on any atom is 0.180 e. The fraction of sp³-hybridized carbons (Fsp3) is 0.333. The number of Topliss-reactive ketones (excluding diaryl/α,β-unsaturated/α-hetero) is 1. The summed E-state index contributed by atoms with van der Waals surface area (Å²) >= 11 is 0. The fourth-order valence-electron chi connectivity index (χ4n) is 1.01. The van der Waals surface area contributed by atoms with Crippen LogP contribution in [0.4, 0.5) is 5.69 Å². The van der Waals surface area contributed by atoms with E-state index in [2.05, 4.69) is 4.98 Å². The summed E-state index contributed by atoms with van der Waals surface area (Å²) in [5, 5.41) is 0.